The molecule has 1 aromatic heterocycles. The summed E-state index contributed by atoms with van der Waals surface area (Å²) in [4.78, 5) is 17.7. The topological polar surface area (TPSA) is 48.1 Å². The number of likely N-dealkylation sites (tertiary alicyclic amines) is 1. The van der Waals surface area contributed by atoms with Crippen LogP contribution in [0.4, 0.5) is 0 Å². The maximum absolute atomic E-state index is 12.2. The molecule has 1 saturated heterocycles. The number of para-hydroxylation sites is 1. The van der Waals surface area contributed by atoms with Crippen molar-refractivity contribution in [3.63, 3.8) is 0 Å². The Morgan fingerprint density at radius 2 is 2.24 bits per heavy atom. The molecular formula is C17H23N3O. The van der Waals surface area contributed by atoms with Crippen molar-refractivity contribution in [2.75, 3.05) is 20.1 Å². The Balaban J connectivity index is 1.55. The van der Waals surface area contributed by atoms with Crippen molar-refractivity contribution in [1.29, 1.82) is 0 Å². The molecule has 1 amide bonds. The minimum absolute atomic E-state index is 0.0571. The zero-order valence-corrected chi connectivity index (χ0v) is 12.6. The lowest BCUT2D eigenvalue weighted by Crippen LogP contribution is -2.47. The Bertz CT molecular complexity index is 619. The molecule has 1 unspecified atom stereocenters. The van der Waals surface area contributed by atoms with Crippen LogP contribution >= 0.6 is 0 Å². The molecule has 0 radical (unpaired) electrons. The Labute approximate surface area is 125 Å². The third kappa shape index (κ3) is 3.10. The predicted octanol–water partition coefficient (Wildman–Crippen LogP) is 2.31. The molecule has 0 saturated carbocycles. The fourth-order valence-electron chi connectivity index (χ4n) is 3.18. The number of aromatic nitrogens is 1. The number of piperidine rings is 1. The SMILES string of the molecule is CN1CCCCC1C(=O)NCCc1c[nH]c2ccccc12. The van der Waals surface area contributed by atoms with E-state index < -0.39 is 0 Å². The Morgan fingerprint density at radius 1 is 1.38 bits per heavy atom. The van der Waals surface area contributed by atoms with Crippen LogP contribution in [0.15, 0.2) is 30.5 Å². The third-order valence-electron chi connectivity index (χ3n) is 4.44. The molecule has 0 spiro atoms. The molecule has 1 aliphatic rings. The number of nitrogens with zero attached hydrogens (tertiary/aromatic N) is 1. The number of nitrogens with one attached hydrogen (secondary N) is 2. The minimum atomic E-state index is 0.0571. The molecule has 0 bridgehead atoms. The number of rotatable bonds is 4. The van der Waals surface area contributed by atoms with E-state index in [1.807, 2.05) is 19.3 Å². The smallest absolute Gasteiger partial charge is 0.237 e. The molecule has 2 heterocycles. The summed E-state index contributed by atoms with van der Waals surface area (Å²) in [7, 11) is 2.04. The number of likely N-dealkylation sites (N-methyl/N-ethyl adjacent to an activating group) is 1. The van der Waals surface area contributed by atoms with E-state index in [0.29, 0.717) is 6.54 Å². The van der Waals surface area contributed by atoms with Crippen molar-refractivity contribution in [2.24, 2.45) is 0 Å². The van der Waals surface area contributed by atoms with Crippen LogP contribution in [0.3, 0.4) is 0 Å². The van der Waals surface area contributed by atoms with E-state index in [-0.39, 0.29) is 11.9 Å². The second-order valence-corrected chi connectivity index (χ2v) is 5.89. The van der Waals surface area contributed by atoms with E-state index in [1.165, 1.54) is 17.4 Å². The average Bonchev–Trinajstić information content (AvgIpc) is 2.91. The molecule has 4 nitrogen and oxygen atoms in total. The molecular weight excluding hydrogens is 262 g/mol. The van der Waals surface area contributed by atoms with Gasteiger partial charge in [0, 0.05) is 23.6 Å². The van der Waals surface area contributed by atoms with E-state index in [2.05, 4.69) is 33.4 Å². The van der Waals surface area contributed by atoms with Gasteiger partial charge in [-0.15, -0.1) is 0 Å². The standard InChI is InChI=1S/C17H23N3O/c1-20-11-5-4-8-16(20)17(21)18-10-9-13-12-19-15-7-3-2-6-14(13)15/h2-3,6-7,12,16,19H,4-5,8-11H2,1H3,(H,18,21). The zero-order chi connectivity index (χ0) is 14.7. The van der Waals surface area contributed by atoms with E-state index in [9.17, 15) is 4.79 Å². The molecule has 21 heavy (non-hydrogen) atoms. The van der Waals surface area contributed by atoms with Crippen molar-refractivity contribution < 1.29 is 4.79 Å². The summed E-state index contributed by atoms with van der Waals surface area (Å²) in [6.07, 6.45) is 6.26. The number of carbonyl (C=O) groups is 1. The van der Waals surface area contributed by atoms with Crippen molar-refractivity contribution in [1.82, 2.24) is 15.2 Å². The molecule has 1 fully saturated rings. The first-order valence-corrected chi connectivity index (χ1v) is 7.78. The summed E-state index contributed by atoms with van der Waals surface area (Å²) < 4.78 is 0. The first kappa shape index (κ1) is 14.1. The van der Waals surface area contributed by atoms with Crippen LogP contribution in [-0.4, -0.2) is 42.0 Å². The van der Waals surface area contributed by atoms with Crippen LogP contribution in [0.5, 0.6) is 0 Å². The van der Waals surface area contributed by atoms with Crippen molar-refractivity contribution in [2.45, 2.75) is 31.7 Å². The minimum Gasteiger partial charge on any atom is -0.361 e. The zero-order valence-electron chi connectivity index (χ0n) is 12.6. The highest BCUT2D eigenvalue weighted by atomic mass is 16.2. The van der Waals surface area contributed by atoms with E-state index in [4.69, 9.17) is 0 Å². The van der Waals surface area contributed by atoms with Gasteiger partial charge in [-0.3, -0.25) is 9.69 Å². The normalized spacial score (nSPS) is 19.8. The molecule has 1 aliphatic heterocycles. The van der Waals surface area contributed by atoms with Gasteiger partial charge in [0.1, 0.15) is 0 Å². The second-order valence-electron chi connectivity index (χ2n) is 5.89. The number of aromatic amines is 1. The predicted molar refractivity (Wildman–Crippen MR) is 85.3 cm³/mol. The van der Waals surface area contributed by atoms with Gasteiger partial charge >= 0.3 is 0 Å². The van der Waals surface area contributed by atoms with Crippen LogP contribution < -0.4 is 5.32 Å². The number of carbonyl (C=O) groups excluding carboxylic acids is 1. The summed E-state index contributed by atoms with van der Waals surface area (Å²) >= 11 is 0. The molecule has 1 atom stereocenters. The van der Waals surface area contributed by atoms with Crippen LogP contribution in [0.25, 0.3) is 10.9 Å². The van der Waals surface area contributed by atoms with E-state index in [1.54, 1.807) is 0 Å². The highest BCUT2D eigenvalue weighted by Crippen LogP contribution is 2.18. The van der Waals surface area contributed by atoms with Gasteiger partial charge in [0.25, 0.3) is 0 Å². The van der Waals surface area contributed by atoms with Gasteiger partial charge in [-0.2, -0.15) is 0 Å². The summed E-state index contributed by atoms with van der Waals surface area (Å²) in [5.41, 5.74) is 2.42. The van der Waals surface area contributed by atoms with Crippen LogP contribution in [0.2, 0.25) is 0 Å². The summed E-state index contributed by atoms with van der Waals surface area (Å²) in [6.45, 7) is 1.73. The van der Waals surface area contributed by atoms with Gasteiger partial charge in [0.15, 0.2) is 0 Å². The quantitative estimate of drug-likeness (QED) is 0.905. The van der Waals surface area contributed by atoms with Gasteiger partial charge in [-0.1, -0.05) is 24.6 Å². The number of H-pyrrole nitrogens is 1. The van der Waals surface area contributed by atoms with Gasteiger partial charge in [0.2, 0.25) is 5.91 Å². The van der Waals surface area contributed by atoms with Crippen molar-refractivity contribution in [3.05, 3.63) is 36.0 Å². The van der Waals surface area contributed by atoms with Gasteiger partial charge in [-0.05, 0) is 44.5 Å². The maximum Gasteiger partial charge on any atom is 0.237 e. The van der Waals surface area contributed by atoms with Gasteiger partial charge < -0.3 is 10.3 Å². The first-order chi connectivity index (χ1) is 10.3. The van der Waals surface area contributed by atoms with Crippen molar-refractivity contribution >= 4 is 16.8 Å². The summed E-state index contributed by atoms with van der Waals surface area (Å²) in [5, 5.41) is 4.34. The molecule has 0 aliphatic carbocycles. The lowest BCUT2D eigenvalue weighted by molar-refractivity contribution is -0.126. The van der Waals surface area contributed by atoms with E-state index in [0.717, 1.165) is 31.3 Å². The Hall–Kier alpha value is -1.81. The van der Waals surface area contributed by atoms with Crippen LogP contribution in [-0.2, 0) is 11.2 Å². The third-order valence-corrected chi connectivity index (χ3v) is 4.44. The molecule has 112 valence electrons. The van der Waals surface area contributed by atoms with Gasteiger partial charge in [-0.25, -0.2) is 0 Å². The lowest BCUT2D eigenvalue weighted by Gasteiger charge is -2.31. The number of fused-ring (bicyclic) bond motifs is 1. The second kappa shape index (κ2) is 6.31. The first-order valence-electron chi connectivity index (χ1n) is 7.78. The number of amides is 1. The lowest BCUT2D eigenvalue weighted by atomic mass is 10.0. The maximum atomic E-state index is 12.2. The fourth-order valence-corrected chi connectivity index (χ4v) is 3.18. The Morgan fingerprint density at radius 3 is 3.10 bits per heavy atom. The number of hydrogen-bond donors (Lipinski definition) is 2. The molecule has 2 aromatic rings. The highest BCUT2D eigenvalue weighted by molar-refractivity contribution is 5.83. The monoisotopic (exact) mass is 285 g/mol. The Kier molecular flexibility index (Phi) is 4.25. The average molecular weight is 285 g/mol. The highest BCUT2D eigenvalue weighted by Gasteiger charge is 2.25. The summed E-state index contributed by atoms with van der Waals surface area (Å²) in [6, 6.07) is 8.34. The molecule has 1 aromatic carbocycles. The van der Waals surface area contributed by atoms with Crippen LogP contribution in [0.1, 0.15) is 24.8 Å². The number of benzene rings is 1. The van der Waals surface area contributed by atoms with Crippen molar-refractivity contribution in [3.8, 4) is 0 Å². The summed E-state index contributed by atoms with van der Waals surface area (Å²) in [5.74, 6) is 0.178. The molecule has 2 N–H and O–H groups in total. The van der Waals surface area contributed by atoms with Gasteiger partial charge in [0.05, 0.1) is 6.04 Å². The van der Waals surface area contributed by atoms with E-state index >= 15 is 0 Å². The molecule has 3 rings (SSSR count). The number of hydrogen-bond acceptors (Lipinski definition) is 2. The fraction of sp³-hybridized carbons (Fsp3) is 0.471. The molecule has 4 heteroatoms. The largest absolute Gasteiger partial charge is 0.361 e. The van der Waals surface area contributed by atoms with Crippen LogP contribution in [0, 0.1) is 0 Å².